The van der Waals surface area contributed by atoms with Gasteiger partial charge in [0.2, 0.25) is 0 Å². The average molecular weight is 213 g/mol. The van der Waals surface area contributed by atoms with E-state index in [0.717, 1.165) is 0 Å². The van der Waals surface area contributed by atoms with E-state index in [1.54, 1.807) is 0 Å². The van der Waals surface area contributed by atoms with Crippen LogP contribution in [0.1, 0.15) is 0 Å². The monoisotopic (exact) mass is 212 g/mol. The van der Waals surface area contributed by atoms with Gasteiger partial charge in [0, 0.05) is 33.6 Å². The number of hydrogen-bond donors (Lipinski definition) is 2. The first-order valence-corrected chi connectivity index (χ1v) is 2.10. The van der Waals surface area contributed by atoms with Gasteiger partial charge in [0.15, 0.2) is 0 Å². The van der Waals surface area contributed by atoms with E-state index >= 15 is 0 Å². The van der Waals surface area contributed by atoms with Crippen LogP contribution >= 0.6 is 0 Å². The van der Waals surface area contributed by atoms with E-state index < -0.39 is 10.4 Å². The second kappa shape index (κ2) is 5.03. The summed E-state index contributed by atoms with van der Waals surface area (Å²) in [6.07, 6.45) is 0. The summed E-state index contributed by atoms with van der Waals surface area (Å²) in [4.78, 5) is 0. The molecule has 0 atom stereocenters. The molecule has 4 nitrogen and oxygen atoms in total. The van der Waals surface area contributed by atoms with Crippen molar-refractivity contribution < 1.29 is 51.1 Å². The van der Waals surface area contributed by atoms with Gasteiger partial charge < -0.3 is 0 Å². The molecule has 0 radical (unpaired) electrons. The zero-order valence-corrected chi connectivity index (χ0v) is 5.70. The van der Waals surface area contributed by atoms with E-state index in [1.807, 2.05) is 0 Å². The van der Waals surface area contributed by atoms with Crippen LogP contribution in [0.15, 0.2) is 0 Å². The summed E-state index contributed by atoms with van der Waals surface area (Å²) >= 11 is 0. The summed E-state index contributed by atoms with van der Waals surface area (Å²) in [6.45, 7) is 0. The first-order chi connectivity index (χ1) is 2.00. The van der Waals surface area contributed by atoms with Gasteiger partial charge in [-0.3, -0.25) is 9.11 Å². The molecule has 0 heterocycles. The third kappa shape index (κ3) is 210. The van der Waals surface area contributed by atoms with Crippen molar-refractivity contribution in [3.63, 3.8) is 0 Å². The molecule has 7 heavy (non-hydrogen) atoms. The smallest absolute Gasteiger partial charge is 0.264 e. The van der Waals surface area contributed by atoms with E-state index in [1.165, 1.54) is 0 Å². The molecule has 0 aromatic carbocycles. The summed E-state index contributed by atoms with van der Waals surface area (Å²) in [6, 6.07) is 0. The maximum Gasteiger partial charge on any atom is 0.394 e. The largest absolute Gasteiger partial charge is 0.394 e. The van der Waals surface area contributed by atoms with E-state index in [0.29, 0.717) is 0 Å². The Morgan fingerprint density at radius 3 is 1.14 bits per heavy atom. The van der Waals surface area contributed by atoms with Crippen LogP contribution in [0.25, 0.3) is 0 Å². The first-order valence-electron chi connectivity index (χ1n) is 0.698. The second-order valence-corrected chi connectivity index (χ2v) is 1.34. The Balaban J connectivity index is -0.0000000800. The fraction of sp³-hybridized carbons (Fsp3) is 0. The van der Waals surface area contributed by atoms with Gasteiger partial charge in [-0.2, -0.15) is 8.42 Å². The Morgan fingerprint density at radius 1 is 1.14 bits per heavy atom. The molecule has 7 heteroatoms. The van der Waals surface area contributed by atoms with Gasteiger partial charge in [0.1, 0.15) is 0 Å². The first kappa shape index (κ1) is 15.7. The molecular weight excluding hydrogens is 211 g/mol. The molecule has 0 saturated heterocycles. The molecule has 0 fully saturated rings. The van der Waals surface area contributed by atoms with E-state index in [9.17, 15) is 0 Å². The minimum Gasteiger partial charge on any atom is -0.264 e. The van der Waals surface area contributed by atoms with Crippen LogP contribution in [0.5, 0.6) is 0 Å². The van der Waals surface area contributed by atoms with Crippen LogP contribution in [0.4, 0.5) is 0 Å². The Morgan fingerprint density at radius 2 is 1.14 bits per heavy atom. The van der Waals surface area contributed by atoms with Gasteiger partial charge >= 0.3 is 10.4 Å². The van der Waals surface area contributed by atoms with Crippen molar-refractivity contribution in [2.75, 3.05) is 0 Å². The fourth-order valence-corrected chi connectivity index (χ4v) is 0. The van der Waals surface area contributed by atoms with Gasteiger partial charge in [-0.25, -0.2) is 0 Å². The van der Waals surface area contributed by atoms with Crippen molar-refractivity contribution in [1.29, 1.82) is 0 Å². The van der Waals surface area contributed by atoms with Crippen LogP contribution < -0.4 is 0 Å². The molecule has 50 valence electrons. The maximum absolute atomic E-state index is 8.74. The van der Waals surface area contributed by atoms with Crippen molar-refractivity contribution in [2.45, 2.75) is 0 Å². The van der Waals surface area contributed by atoms with Crippen molar-refractivity contribution in [3.05, 3.63) is 0 Å². The number of hydrogen-bond acceptors (Lipinski definition) is 2. The van der Waals surface area contributed by atoms with Crippen molar-refractivity contribution in [2.24, 2.45) is 0 Å². The molecule has 0 aliphatic heterocycles. The molecule has 0 rings (SSSR count). The van der Waals surface area contributed by atoms with E-state index in [-0.39, 0.29) is 33.6 Å². The van der Waals surface area contributed by atoms with E-state index in [2.05, 4.69) is 0 Å². The molecule has 2 N–H and O–H groups in total. The van der Waals surface area contributed by atoms with Crippen LogP contribution in [0, 0.1) is 0 Å². The second-order valence-electron chi connectivity index (χ2n) is 0.448. The Hall–Kier alpha value is 0.883. The molecule has 0 saturated carbocycles. The van der Waals surface area contributed by atoms with Crippen LogP contribution in [-0.2, 0) is 44.0 Å². The number of rotatable bonds is 0. The van der Waals surface area contributed by atoms with Gasteiger partial charge in [0.25, 0.3) is 0 Å². The summed E-state index contributed by atoms with van der Waals surface area (Å²) in [7, 11) is -4.67. The van der Waals surface area contributed by atoms with Gasteiger partial charge in [-0.1, -0.05) is 0 Å². The maximum atomic E-state index is 8.74. The van der Waals surface area contributed by atoms with Gasteiger partial charge in [0.05, 0.1) is 0 Å². The Kier molecular flexibility index (Phi) is 11.3. The molecule has 0 bridgehead atoms. The standard InChI is InChI=1S/Fe.Ni.H2O4S/c;;1-5(2,3)4/h;;(H2,1,2,3,4). The molecule has 0 aliphatic carbocycles. The molecule has 0 spiro atoms. The van der Waals surface area contributed by atoms with Gasteiger partial charge in [-0.05, 0) is 0 Å². The van der Waals surface area contributed by atoms with Crippen LogP contribution in [0.3, 0.4) is 0 Å². The topological polar surface area (TPSA) is 74.6 Å². The third-order valence-corrected chi connectivity index (χ3v) is 0. The summed E-state index contributed by atoms with van der Waals surface area (Å²) in [5.41, 5.74) is 0. The van der Waals surface area contributed by atoms with Crippen LogP contribution in [0.2, 0.25) is 0 Å². The molecule has 0 amide bonds. The minimum absolute atomic E-state index is 0. The zero-order valence-electron chi connectivity index (χ0n) is 2.79. The summed E-state index contributed by atoms with van der Waals surface area (Å²) in [5.74, 6) is 0. The Bertz CT molecular complexity index is 94.9. The molecular formula is H2FeNiO4S. The summed E-state index contributed by atoms with van der Waals surface area (Å²) < 4.78 is 31.6. The summed E-state index contributed by atoms with van der Waals surface area (Å²) in [5, 5.41) is 0. The van der Waals surface area contributed by atoms with Crippen molar-refractivity contribution >= 4 is 10.4 Å². The molecule has 0 aliphatic rings. The van der Waals surface area contributed by atoms with Gasteiger partial charge in [-0.15, -0.1) is 0 Å². The minimum atomic E-state index is -4.67. The molecule has 0 unspecified atom stereocenters. The average Bonchev–Trinajstić information content (AvgIpc) is 0.722. The van der Waals surface area contributed by atoms with Crippen molar-refractivity contribution in [3.8, 4) is 0 Å². The molecule has 0 aromatic heterocycles. The quantitative estimate of drug-likeness (QED) is 0.413. The predicted octanol–water partition coefficient (Wildman–Crippen LogP) is -0.658. The van der Waals surface area contributed by atoms with E-state index in [4.69, 9.17) is 17.5 Å². The molecule has 0 aromatic rings. The predicted molar refractivity (Wildman–Crippen MR) is 14.2 cm³/mol. The van der Waals surface area contributed by atoms with Crippen LogP contribution in [-0.4, -0.2) is 17.5 Å². The Labute approximate surface area is 61.6 Å². The van der Waals surface area contributed by atoms with Crippen molar-refractivity contribution in [1.82, 2.24) is 0 Å². The fourth-order valence-electron chi connectivity index (χ4n) is 0. The zero-order chi connectivity index (χ0) is 4.50. The third-order valence-electron chi connectivity index (χ3n) is 0. The SMILES string of the molecule is O=S(=O)(O)O.[Fe].[Ni]. The normalized spacial score (nSPS) is 8.29.